The van der Waals surface area contributed by atoms with E-state index in [2.05, 4.69) is 20.7 Å². The molecule has 0 saturated heterocycles. The first-order chi connectivity index (χ1) is 9.83. The van der Waals surface area contributed by atoms with Crippen LogP contribution in [-0.4, -0.2) is 15.0 Å². The molecule has 0 atom stereocenters. The average Bonchev–Trinajstić information content (AvgIpc) is 2.93. The lowest BCUT2D eigenvalue weighted by atomic mass is 10.3. The van der Waals surface area contributed by atoms with E-state index in [1.807, 2.05) is 17.5 Å². The molecular weight excluding hydrogens is 403 g/mol. The Kier molecular flexibility index (Phi) is 5.26. The Morgan fingerprint density at radius 1 is 1.48 bits per heavy atom. The molecule has 0 saturated carbocycles. The van der Waals surface area contributed by atoms with Crippen LogP contribution in [0.25, 0.3) is 0 Å². The zero-order chi connectivity index (χ0) is 15.6. The van der Waals surface area contributed by atoms with Gasteiger partial charge in [-0.3, -0.25) is 0 Å². The lowest BCUT2D eigenvalue weighted by molar-refractivity contribution is 0.559. The van der Waals surface area contributed by atoms with Gasteiger partial charge in [0.25, 0.3) is 0 Å². The van der Waals surface area contributed by atoms with E-state index in [0.717, 1.165) is 10.9 Å². The molecule has 1 aromatic carbocycles. The molecule has 0 aliphatic heterocycles. The van der Waals surface area contributed by atoms with Gasteiger partial charge in [-0.25, -0.2) is 17.5 Å². The van der Waals surface area contributed by atoms with Crippen molar-refractivity contribution < 1.29 is 12.8 Å². The number of nitrogens with one attached hydrogen (secondary N) is 1. The van der Waals surface area contributed by atoms with Crippen molar-refractivity contribution in [1.29, 1.82) is 0 Å². The first-order valence-corrected chi connectivity index (χ1v) is 9.31. The third-order valence-corrected chi connectivity index (χ3v) is 6.47. The molecule has 0 amide bonds. The summed E-state index contributed by atoms with van der Waals surface area (Å²) in [5, 5.41) is 1.94. The molecule has 3 N–H and O–H groups in total. The van der Waals surface area contributed by atoms with Gasteiger partial charge in [0.15, 0.2) is 5.82 Å². The predicted molar refractivity (Wildman–Crippen MR) is 86.7 cm³/mol. The van der Waals surface area contributed by atoms with Crippen molar-refractivity contribution in [3.05, 3.63) is 43.8 Å². The van der Waals surface area contributed by atoms with Gasteiger partial charge in [0.2, 0.25) is 10.0 Å². The first kappa shape index (κ1) is 16.7. The second-order valence-electron chi connectivity index (χ2n) is 4.13. The Hall–Kier alpha value is -0.670. The lowest BCUT2D eigenvalue weighted by Gasteiger charge is -2.11. The summed E-state index contributed by atoms with van der Waals surface area (Å²) in [6.07, 6.45) is 0.526. The monoisotopic (exact) mass is 412 g/mol. The summed E-state index contributed by atoms with van der Waals surface area (Å²) in [5.74, 6) is -1.02. The SMILES string of the molecule is Nc1c(F)c(S(=O)(=O)NCCc2cccs2)cc(Cl)c1Br. The normalized spacial score (nSPS) is 11.8. The van der Waals surface area contributed by atoms with Crippen molar-refractivity contribution in [2.45, 2.75) is 11.3 Å². The molecule has 0 unspecified atom stereocenters. The predicted octanol–water partition coefficient (Wildman–Crippen LogP) is 3.41. The minimum atomic E-state index is -4.01. The summed E-state index contributed by atoms with van der Waals surface area (Å²) in [6, 6.07) is 4.81. The molecule has 0 radical (unpaired) electrons. The van der Waals surface area contributed by atoms with E-state index in [9.17, 15) is 12.8 Å². The Morgan fingerprint density at radius 3 is 2.81 bits per heavy atom. The molecule has 4 nitrogen and oxygen atoms in total. The summed E-state index contributed by atoms with van der Waals surface area (Å²) in [5.41, 5.74) is 5.16. The van der Waals surface area contributed by atoms with Crippen LogP contribution in [0.1, 0.15) is 4.88 Å². The van der Waals surface area contributed by atoms with Crippen molar-refractivity contribution in [1.82, 2.24) is 4.72 Å². The molecule has 21 heavy (non-hydrogen) atoms. The fourth-order valence-corrected chi connectivity index (χ4v) is 4.05. The summed E-state index contributed by atoms with van der Waals surface area (Å²) < 4.78 is 40.7. The van der Waals surface area contributed by atoms with Crippen molar-refractivity contribution in [2.75, 3.05) is 12.3 Å². The van der Waals surface area contributed by atoms with Crippen LogP contribution in [-0.2, 0) is 16.4 Å². The number of thiophene rings is 1. The number of halogens is 3. The van der Waals surface area contributed by atoms with Crippen molar-refractivity contribution in [3.8, 4) is 0 Å². The minimum absolute atomic E-state index is 0.0348. The van der Waals surface area contributed by atoms with E-state index in [1.54, 1.807) is 0 Å². The fraction of sp³-hybridized carbons (Fsp3) is 0.167. The highest BCUT2D eigenvalue weighted by Crippen LogP contribution is 2.34. The van der Waals surface area contributed by atoms with Gasteiger partial charge in [-0.2, -0.15) is 0 Å². The molecule has 1 heterocycles. The highest BCUT2D eigenvalue weighted by Gasteiger charge is 2.23. The quantitative estimate of drug-likeness (QED) is 0.583. The van der Waals surface area contributed by atoms with Gasteiger partial charge in [-0.15, -0.1) is 11.3 Å². The number of benzene rings is 1. The van der Waals surface area contributed by atoms with Crippen LogP contribution in [0, 0.1) is 5.82 Å². The maximum atomic E-state index is 14.0. The van der Waals surface area contributed by atoms with Crippen molar-refractivity contribution in [2.24, 2.45) is 0 Å². The highest BCUT2D eigenvalue weighted by molar-refractivity contribution is 9.10. The van der Waals surface area contributed by atoms with Gasteiger partial charge in [-0.05, 0) is 39.9 Å². The summed E-state index contributed by atoms with van der Waals surface area (Å²) >= 11 is 10.4. The Morgan fingerprint density at radius 2 is 2.19 bits per heavy atom. The molecule has 114 valence electrons. The van der Waals surface area contributed by atoms with E-state index >= 15 is 0 Å². The van der Waals surface area contributed by atoms with Gasteiger partial charge in [-0.1, -0.05) is 17.7 Å². The smallest absolute Gasteiger partial charge is 0.243 e. The van der Waals surface area contributed by atoms with Crippen LogP contribution in [0.5, 0.6) is 0 Å². The van der Waals surface area contributed by atoms with Gasteiger partial charge in [0.05, 0.1) is 15.2 Å². The second kappa shape index (κ2) is 6.62. The number of nitrogen functional groups attached to an aromatic ring is 1. The summed E-state index contributed by atoms with van der Waals surface area (Å²) in [4.78, 5) is 0.478. The zero-order valence-corrected chi connectivity index (χ0v) is 14.5. The molecule has 2 aromatic rings. The van der Waals surface area contributed by atoms with E-state index in [1.165, 1.54) is 11.3 Å². The third kappa shape index (κ3) is 3.75. The molecule has 0 bridgehead atoms. The van der Waals surface area contributed by atoms with Crippen molar-refractivity contribution in [3.63, 3.8) is 0 Å². The second-order valence-corrected chi connectivity index (χ2v) is 8.09. The van der Waals surface area contributed by atoms with Crippen LogP contribution >= 0.6 is 38.9 Å². The van der Waals surface area contributed by atoms with Crippen LogP contribution in [0.15, 0.2) is 32.9 Å². The topological polar surface area (TPSA) is 72.2 Å². The van der Waals surface area contributed by atoms with E-state index < -0.39 is 20.7 Å². The summed E-state index contributed by atoms with van der Waals surface area (Å²) in [6.45, 7) is 0.163. The molecule has 2 rings (SSSR count). The Labute approximate surface area is 139 Å². The van der Waals surface area contributed by atoms with Gasteiger partial charge in [0.1, 0.15) is 4.90 Å². The number of anilines is 1. The molecule has 0 aliphatic carbocycles. The molecular formula is C12H11BrClFN2O2S2. The minimum Gasteiger partial charge on any atom is -0.395 e. The van der Waals surface area contributed by atoms with E-state index in [-0.39, 0.29) is 21.7 Å². The number of rotatable bonds is 5. The van der Waals surface area contributed by atoms with Gasteiger partial charge >= 0.3 is 0 Å². The van der Waals surface area contributed by atoms with Gasteiger partial charge in [0, 0.05) is 11.4 Å². The molecule has 0 spiro atoms. The number of hydrogen-bond acceptors (Lipinski definition) is 4. The number of nitrogens with two attached hydrogens (primary N) is 1. The maximum Gasteiger partial charge on any atom is 0.243 e. The maximum absolute atomic E-state index is 14.0. The van der Waals surface area contributed by atoms with Crippen LogP contribution in [0.3, 0.4) is 0 Å². The van der Waals surface area contributed by atoms with Gasteiger partial charge < -0.3 is 5.73 Å². The third-order valence-electron chi connectivity index (χ3n) is 2.69. The van der Waals surface area contributed by atoms with Crippen molar-refractivity contribution >= 4 is 54.6 Å². The fourth-order valence-electron chi connectivity index (χ4n) is 1.64. The standard InChI is InChI=1S/C12H11BrClFN2O2S2/c13-10-8(14)6-9(11(15)12(10)16)21(18,19)17-4-3-7-2-1-5-20-7/h1-2,5-6,17H,3-4,16H2. The zero-order valence-electron chi connectivity index (χ0n) is 10.6. The molecule has 0 aliphatic rings. The molecule has 0 fully saturated rings. The largest absolute Gasteiger partial charge is 0.395 e. The highest BCUT2D eigenvalue weighted by atomic mass is 79.9. The molecule has 9 heteroatoms. The van der Waals surface area contributed by atoms with E-state index in [4.69, 9.17) is 17.3 Å². The number of sulfonamides is 1. The van der Waals surface area contributed by atoms with Crippen LogP contribution in [0.4, 0.5) is 10.1 Å². The Balaban J connectivity index is 2.20. The first-order valence-electron chi connectivity index (χ1n) is 5.78. The Bertz CT molecular complexity index is 751. The average molecular weight is 414 g/mol. The van der Waals surface area contributed by atoms with E-state index in [0.29, 0.717) is 6.42 Å². The van der Waals surface area contributed by atoms with Crippen LogP contribution < -0.4 is 10.5 Å². The lowest BCUT2D eigenvalue weighted by Crippen LogP contribution is -2.27. The van der Waals surface area contributed by atoms with Crippen LogP contribution in [0.2, 0.25) is 5.02 Å². The molecule has 1 aromatic heterocycles. The summed E-state index contributed by atoms with van der Waals surface area (Å²) in [7, 11) is -4.01. The number of hydrogen-bond donors (Lipinski definition) is 2.